The van der Waals surface area contributed by atoms with Crippen molar-refractivity contribution in [3.63, 3.8) is 0 Å². The summed E-state index contributed by atoms with van der Waals surface area (Å²) in [5, 5.41) is 4.20. The Kier molecular flexibility index (Phi) is 3.62. The van der Waals surface area contributed by atoms with E-state index in [4.69, 9.17) is 4.74 Å². The summed E-state index contributed by atoms with van der Waals surface area (Å²) in [7, 11) is 0. The third-order valence-electron chi connectivity index (χ3n) is 3.26. The zero-order chi connectivity index (χ0) is 15.5. The predicted octanol–water partition coefficient (Wildman–Crippen LogP) is 5.23. The molecule has 0 aliphatic carbocycles. The molecule has 2 heterocycles. The summed E-state index contributed by atoms with van der Waals surface area (Å²) >= 11 is 1.64. The summed E-state index contributed by atoms with van der Waals surface area (Å²) < 4.78 is 6.85. The van der Waals surface area contributed by atoms with Crippen LogP contribution in [0.3, 0.4) is 0 Å². The van der Waals surface area contributed by atoms with Crippen molar-refractivity contribution in [3.8, 4) is 11.6 Å². The van der Waals surface area contributed by atoms with Crippen molar-refractivity contribution in [3.05, 3.63) is 72.9 Å². The normalized spacial score (nSPS) is 10.6. The third kappa shape index (κ3) is 3.14. The molecule has 0 radical (unpaired) electrons. The van der Waals surface area contributed by atoms with E-state index in [1.54, 1.807) is 17.5 Å². The lowest BCUT2D eigenvalue weighted by molar-refractivity contribution is 0.463. The minimum absolute atomic E-state index is 0.583. The van der Waals surface area contributed by atoms with Gasteiger partial charge in [-0.3, -0.25) is 0 Å². The first-order valence-electron chi connectivity index (χ1n) is 7.18. The topological polar surface area (TPSA) is 47.0 Å². The highest BCUT2D eigenvalue weighted by molar-refractivity contribution is 7.22. The molecule has 2 aromatic carbocycles. The van der Waals surface area contributed by atoms with Crippen LogP contribution in [0.5, 0.6) is 11.6 Å². The molecular formula is C18H13N3OS. The van der Waals surface area contributed by atoms with E-state index >= 15 is 0 Å². The molecule has 2 aromatic heterocycles. The number of hydrogen-bond acceptors (Lipinski definition) is 5. The van der Waals surface area contributed by atoms with Crippen molar-refractivity contribution < 1.29 is 4.74 Å². The Balaban J connectivity index is 1.49. The Bertz CT molecular complexity index is 887. The van der Waals surface area contributed by atoms with E-state index in [0.29, 0.717) is 5.88 Å². The van der Waals surface area contributed by atoms with Crippen molar-refractivity contribution in [2.75, 3.05) is 5.32 Å². The molecule has 0 atom stereocenters. The SMILES string of the molecule is c1ccc(Oc2ccc(Nc3nc4ccccc4s3)cc2)nc1. The van der Waals surface area contributed by atoms with Crippen LogP contribution in [0.25, 0.3) is 10.2 Å². The summed E-state index contributed by atoms with van der Waals surface area (Å²) in [6, 6.07) is 21.4. The Labute approximate surface area is 137 Å². The van der Waals surface area contributed by atoms with Gasteiger partial charge in [0.15, 0.2) is 5.13 Å². The minimum Gasteiger partial charge on any atom is -0.439 e. The highest BCUT2D eigenvalue weighted by Gasteiger charge is 2.04. The number of nitrogens with one attached hydrogen (secondary N) is 1. The lowest BCUT2D eigenvalue weighted by Gasteiger charge is -2.06. The fraction of sp³-hybridized carbons (Fsp3) is 0. The lowest BCUT2D eigenvalue weighted by Crippen LogP contribution is -1.90. The van der Waals surface area contributed by atoms with Crippen LogP contribution in [-0.2, 0) is 0 Å². The Hall–Kier alpha value is -2.92. The van der Waals surface area contributed by atoms with Crippen LogP contribution >= 0.6 is 11.3 Å². The predicted molar refractivity (Wildman–Crippen MR) is 93.7 cm³/mol. The van der Waals surface area contributed by atoms with E-state index in [1.165, 1.54) is 4.70 Å². The molecule has 1 N–H and O–H groups in total. The summed E-state index contributed by atoms with van der Waals surface area (Å²) in [6.07, 6.45) is 1.71. The van der Waals surface area contributed by atoms with Crippen LogP contribution in [0.1, 0.15) is 0 Å². The standard InChI is InChI=1S/C18H13N3OS/c1-2-6-16-15(5-1)21-18(23-16)20-13-8-10-14(11-9-13)22-17-7-3-4-12-19-17/h1-12H,(H,20,21). The van der Waals surface area contributed by atoms with Crippen LogP contribution in [0.2, 0.25) is 0 Å². The van der Waals surface area contributed by atoms with Gasteiger partial charge in [0, 0.05) is 18.0 Å². The number of fused-ring (bicyclic) bond motifs is 1. The number of thiazole rings is 1. The van der Waals surface area contributed by atoms with E-state index in [0.717, 1.165) is 22.1 Å². The number of nitrogens with zero attached hydrogens (tertiary/aromatic N) is 2. The van der Waals surface area contributed by atoms with Gasteiger partial charge in [-0.05, 0) is 42.5 Å². The average molecular weight is 319 g/mol. The number of benzene rings is 2. The van der Waals surface area contributed by atoms with Gasteiger partial charge in [-0.1, -0.05) is 29.5 Å². The van der Waals surface area contributed by atoms with E-state index in [9.17, 15) is 0 Å². The molecule has 4 rings (SSSR count). The Morgan fingerprint density at radius 2 is 1.70 bits per heavy atom. The number of hydrogen-bond donors (Lipinski definition) is 1. The van der Waals surface area contributed by atoms with E-state index in [-0.39, 0.29) is 0 Å². The zero-order valence-corrected chi connectivity index (χ0v) is 13.0. The van der Waals surface area contributed by atoms with Crippen LogP contribution < -0.4 is 10.1 Å². The lowest BCUT2D eigenvalue weighted by atomic mass is 10.3. The second kappa shape index (κ2) is 6.06. The molecule has 23 heavy (non-hydrogen) atoms. The second-order valence-corrected chi connectivity index (χ2v) is 5.94. The number of aromatic nitrogens is 2. The first kappa shape index (κ1) is 13.7. The minimum atomic E-state index is 0.583. The first-order chi connectivity index (χ1) is 11.4. The summed E-state index contributed by atoms with van der Waals surface area (Å²) in [5.74, 6) is 1.33. The molecule has 0 amide bonds. The van der Waals surface area contributed by atoms with Crippen LogP contribution in [0.4, 0.5) is 10.8 Å². The first-order valence-corrected chi connectivity index (χ1v) is 8.00. The molecule has 0 spiro atoms. The monoisotopic (exact) mass is 319 g/mol. The molecule has 0 unspecified atom stereocenters. The highest BCUT2D eigenvalue weighted by atomic mass is 32.1. The van der Waals surface area contributed by atoms with Gasteiger partial charge in [0.1, 0.15) is 5.75 Å². The van der Waals surface area contributed by atoms with Crippen molar-refractivity contribution in [1.82, 2.24) is 9.97 Å². The Morgan fingerprint density at radius 1 is 0.870 bits per heavy atom. The van der Waals surface area contributed by atoms with Gasteiger partial charge in [0.05, 0.1) is 10.2 Å². The number of ether oxygens (including phenoxy) is 1. The van der Waals surface area contributed by atoms with Crippen LogP contribution in [-0.4, -0.2) is 9.97 Å². The van der Waals surface area contributed by atoms with Crippen molar-refractivity contribution in [1.29, 1.82) is 0 Å². The molecular weight excluding hydrogens is 306 g/mol. The van der Waals surface area contributed by atoms with E-state index in [2.05, 4.69) is 21.4 Å². The molecule has 0 aliphatic heterocycles. The molecule has 0 aliphatic rings. The van der Waals surface area contributed by atoms with Crippen LogP contribution in [0, 0.1) is 0 Å². The number of anilines is 2. The summed E-state index contributed by atoms with van der Waals surface area (Å²) in [4.78, 5) is 8.71. The average Bonchev–Trinajstić information content (AvgIpc) is 3.00. The second-order valence-electron chi connectivity index (χ2n) is 4.91. The van der Waals surface area contributed by atoms with Gasteiger partial charge < -0.3 is 10.1 Å². The smallest absolute Gasteiger partial charge is 0.219 e. The third-order valence-corrected chi connectivity index (χ3v) is 4.21. The summed E-state index contributed by atoms with van der Waals surface area (Å²) in [6.45, 7) is 0. The van der Waals surface area contributed by atoms with Crippen molar-refractivity contribution >= 4 is 32.4 Å². The number of pyridine rings is 1. The molecule has 4 aromatic rings. The highest BCUT2D eigenvalue weighted by Crippen LogP contribution is 2.29. The maximum atomic E-state index is 5.68. The molecule has 0 saturated heterocycles. The maximum Gasteiger partial charge on any atom is 0.219 e. The van der Waals surface area contributed by atoms with Gasteiger partial charge in [0.25, 0.3) is 0 Å². The van der Waals surface area contributed by atoms with Crippen molar-refractivity contribution in [2.45, 2.75) is 0 Å². The molecule has 5 heteroatoms. The van der Waals surface area contributed by atoms with E-state index < -0.39 is 0 Å². The van der Waals surface area contributed by atoms with Crippen LogP contribution in [0.15, 0.2) is 72.9 Å². The zero-order valence-electron chi connectivity index (χ0n) is 12.1. The van der Waals surface area contributed by atoms with Crippen molar-refractivity contribution in [2.24, 2.45) is 0 Å². The molecule has 0 bridgehead atoms. The quantitative estimate of drug-likeness (QED) is 0.559. The van der Waals surface area contributed by atoms with Gasteiger partial charge in [-0.15, -0.1) is 0 Å². The van der Waals surface area contributed by atoms with E-state index in [1.807, 2.05) is 60.7 Å². The molecule has 0 fully saturated rings. The maximum absolute atomic E-state index is 5.68. The van der Waals surface area contributed by atoms with Gasteiger partial charge >= 0.3 is 0 Å². The molecule has 0 saturated carbocycles. The molecule has 4 nitrogen and oxygen atoms in total. The Morgan fingerprint density at radius 3 is 2.48 bits per heavy atom. The van der Waals surface area contributed by atoms with Gasteiger partial charge in [-0.2, -0.15) is 0 Å². The number of para-hydroxylation sites is 1. The largest absolute Gasteiger partial charge is 0.439 e. The fourth-order valence-electron chi connectivity index (χ4n) is 2.18. The van der Waals surface area contributed by atoms with Gasteiger partial charge in [-0.25, -0.2) is 9.97 Å². The number of rotatable bonds is 4. The molecule has 112 valence electrons. The van der Waals surface area contributed by atoms with Gasteiger partial charge in [0.2, 0.25) is 5.88 Å². The fourth-order valence-corrected chi connectivity index (χ4v) is 3.07. The summed E-state index contributed by atoms with van der Waals surface area (Å²) in [5.41, 5.74) is 1.98.